The summed E-state index contributed by atoms with van der Waals surface area (Å²) >= 11 is 0. The molecule has 0 bridgehead atoms. The number of halogens is 3. The van der Waals surface area contributed by atoms with E-state index in [2.05, 4.69) is 10.3 Å². The van der Waals surface area contributed by atoms with E-state index < -0.39 is 23.3 Å². The molecule has 5 rings (SSSR count). The number of piperidine rings is 1. The number of aromatic hydroxyl groups is 1. The van der Waals surface area contributed by atoms with E-state index in [1.54, 1.807) is 23.9 Å². The van der Waals surface area contributed by atoms with Crippen LogP contribution in [0.25, 0.3) is 11.0 Å². The third-order valence-electron chi connectivity index (χ3n) is 7.81. The van der Waals surface area contributed by atoms with E-state index in [0.717, 1.165) is 44.0 Å². The first-order valence-electron chi connectivity index (χ1n) is 13.0. The van der Waals surface area contributed by atoms with Crippen molar-refractivity contribution in [3.63, 3.8) is 0 Å². The number of likely N-dealkylation sites (tertiary alicyclic amines) is 1. The van der Waals surface area contributed by atoms with Gasteiger partial charge in [0.15, 0.2) is 0 Å². The Morgan fingerprint density at radius 1 is 1.13 bits per heavy atom. The van der Waals surface area contributed by atoms with Gasteiger partial charge in [0, 0.05) is 43.2 Å². The first-order chi connectivity index (χ1) is 18.6. The Labute approximate surface area is 223 Å². The second-order valence-corrected chi connectivity index (χ2v) is 10.4. The number of phenols is 1. The van der Waals surface area contributed by atoms with E-state index >= 15 is 0 Å². The predicted molar refractivity (Wildman–Crippen MR) is 137 cm³/mol. The molecule has 11 heteroatoms. The summed E-state index contributed by atoms with van der Waals surface area (Å²) in [6, 6.07) is 5.20. The molecule has 1 saturated carbocycles. The first kappa shape index (κ1) is 26.5. The van der Waals surface area contributed by atoms with Crippen molar-refractivity contribution < 1.29 is 27.9 Å². The van der Waals surface area contributed by atoms with Gasteiger partial charge in [-0.2, -0.15) is 18.4 Å². The molecule has 0 atom stereocenters. The van der Waals surface area contributed by atoms with Crippen LogP contribution in [0.4, 0.5) is 18.9 Å². The molecule has 0 unspecified atom stereocenters. The van der Waals surface area contributed by atoms with E-state index in [0.29, 0.717) is 31.5 Å². The summed E-state index contributed by atoms with van der Waals surface area (Å²) in [5.74, 6) is -1.27. The zero-order valence-electron chi connectivity index (χ0n) is 21.4. The van der Waals surface area contributed by atoms with Crippen molar-refractivity contribution in [1.82, 2.24) is 14.5 Å². The number of nitrogens with one attached hydrogen (secondary N) is 1. The fourth-order valence-electron chi connectivity index (χ4n) is 5.92. The fourth-order valence-corrected chi connectivity index (χ4v) is 5.92. The molecule has 1 aliphatic carbocycles. The number of nitrogens with zero attached hydrogens (tertiary/aromatic N) is 4. The molecule has 2 amide bonds. The van der Waals surface area contributed by atoms with Crippen molar-refractivity contribution in [3.05, 3.63) is 52.8 Å². The van der Waals surface area contributed by atoms with Gasteiger partial charge in [-0.25, -0.2) is 4.98 Å². The number of fused-ring (bicyclic) bond motifs is 1. The van der Waals surface area contributed by atoms with Gasteiger partial charge in [0.05, 0.1) is 29.1 Å². The summed E-state index contributed by atoms with van der Waals surface area (Å²) in [7, 11) is 1.63. The number of hydrogen-bond donors (Lipinski definition) is 2. The van der Waals surface area contributed by atoms with Gasteiger partial charge in [-0.15, -0.1) is 0 Å². The Balaban J connectivity index is 1.48. The number of amides is 2. The standard InChI is InChI=1S/C28H28F3N5O3/c1-35-15-21(17-6-8-36(9-7-17)27(39)18-4-2-3-5-18)23-24(28(29,30)31)22(14-33-25(23)35)34-26(38)19-10-16(13-32)11-20(37)12-19/h10-12,14-15,17-18,37H,2-9H2,1H3,(H,34,38). The molecule has 1 aromatic carbocycles. The van der Waals surface area contributed by atoms with Gasteiger partial charge in [-0.3, -0.25) is 9.59 Å². The van der Waals surface area contributed by atoms with Crippen LogP contribution in [-0.4, -0.2) is 44.5 Å². The molecular formula is C28H28F3N5O3. The molecule has 2 aliphatic rings. The summed E-state index contributed by atoms with van der Waals surface area (Å²) in [6.07, 6.45) is 2.80. The number of rotatable bonds is 4. The number of pyridine rings is 1. The molecule has 8 nitrogen and oxygen atoms in total. The van der Waals surface area contributed by atoms with Gasteiger partial charge < -0.3 is 19.9 Å². The van der Waals surface area contributed by atoms with Crippen LogP contribution in [0.2, 0.25) is 0 Å². The van der Waals surface area contributed by atoms with E-state index in [4.69, 9.17) is 5.26 Å². The molecule has 2 N–H and O–H groups in total. The van der Waals surface area contributed by atoms with E-state index in [1.807, 2.05) is 4.90 Å². The maximum absolute atomic E-state index is 14.6. The largest absolute Gasteiger partial charge is 0.508 e. The van der Waals surface area contributed by atoms with E-state index in [-0.39, 0.29) is 45.7 Å². The average Bonchev–Trinajstić information content (AvgIpc) is 3.56. The monoisotopic (exact) mass is 539 g/mol. The SMILES string of the molecule is Cn1cc(C2CCN(C(=O)C3CCCC3)CC2)c2c(C(F)(F)F)c(NC(=O)c3cc(O)cc(C#N)c3)cnc21. The summed E-state index contributed by atoms with van der Waals surface area (Å²) in [4.78, 5) is 31.8. The highest BCUT2D eigenvalue weighted by atomic mass is 19.4. The van der Waals surface area contributed by atoms with E-state index in [9.17, 15) is 27.9 Å². The Kier molecular flexibility index (Phi) is 6.97. The van der Waals surface area contributed by atoms with Crippen LogP contribution in [-0.2, 0) is 18.0 Å². The molecule has 0 radical (unpaired) electrons. The van der Waals surface area contributed by atoms with Crippen LogP contribution in [0.5, 0.6) is 5.75 Å². The second-order valence-electron chi connectivity index (χ2n) is 10.4. The van der Waals surface area contributed by atoms with Crippen molar-refractivity contribution >= 4 is 28.5 Å². The number of carbonyl (C=O) groups excluding carboxylic acids is 2. The second kappa shape index (κ2) is 10.2. The fraction of sp³-hybridized carbons (Fsp3) is 0.429. The minimum atomic E-state index is -4.81. The van der Waals surface area contributed by atoms with Crippen molar-refractivity contribution in [2.24, 2.45) is 13.0 Å². The summed E-state index contributed by atoms with van der Waals surface area (Å²) in [5, 5.41) is 21.1. The lowest BCUT2D eigenvalue weighted by molar-refractivity contribution is -0.136. The summed E-state index contributed by atoms with van der Waals surface area (Å²) in [5.41, 5.74) is -1.05. The average molecular weight is 540 g/mol. The van der Waals surface area contributed by atoms with Crippen molar-refractivity contribution in [1.29, 1.82) is 5.26 Å². The maximum atomic E-state index is 14.6. The third-order valence-corrected chi connectivity index (χ3v) is 7.81. The number of alkyl halides is 3. The van der Waals surface area contributed by atoms with Gasteiger partial charge in [0.2, 0.25) is 5.91 Å². The molecule has 1 saturated heterocycles. The molecule has 1 aliphatic heterocycles. The van der Waals surface area contributed by atoms with Crippen LogP contribution in [0.3, 0.4) is 0 Å². The number of benzene rings is 1. The van der Waals surface area contributed by atoms with Crippen LogP contribution in [0, 0.1) is 17.2 Å². The van der Waals surface area contributed by atoms with E-state index in [1.165, 1.54) is 6.07 Å². The third kappa shape index (κ3) is 5.15. The van der Waals surface area contributed by atoms with Crippen molar-refractivity contribution in [2.75, 3.05) is 18.4 Å². The molecule has 0 spiro atoms. The number of anilines is 1. The lowest BCUT2D eigenvalue weighted by Crippen LogP contribution is -2.40. The van der Waals surface area contributed by atoms with Crippen molar-refractivity contribution in [2.45, 2.75) is 50.6 Å². The zero-order chi connectivity index (χ0) is 27.9. The van der Waals surface area contributed by atoms with Crippen LogP contribution >= 0.6 is 0 Å². The van der Waals surface area contributed by atoms with Crippen LogP contribution in [0.1, 0.15) is 71.5 Å². The summed E-state index contributed by atoms with van der Waals surface area (Å²) in [6.45, 7) is 0.973. The quantitative estimate of drug-likeness (QED) is 0.466. The maximum Gasteiger partial charge on any atom is 0.419 e. The topological polar surface area (TPSA) is 111 Å². The Hall–Kier alpha value is -4.07. The van der Waals surface area contributed by atoms with Gasteiger partial charge in [-0.1, -0.05) is 12.8 Å². The number of aryl methyl sites for hydroxylation is 1. The van der Waals surface area contributed by atoms with Gasteiger partial charge in [0.25, 0.3) is 5.91 Å². The van der Waals surface area contributed by atoms with Crippen LogP contribution < -0.4 is 5.32 Å². The minimum Gasteiger partial charge on any atom is -0.508 e. The number of phenolic OH excluding ortho intramolecular Hbond substituents is 1. The number of aromatic nitrogens is 2. The lowest BCUT2D eigenvalue weighted by Gasteiger charge is -2.33. The molecule has 204 valence electrons. The van der Waals surface area contributed by atoms with Gasteiger partial charge in [-0.05, 0) is 55.4 Å². The highest BCUT2D eigenvalue weighted by molar-refractivity contribution is 6.06. The molecule has 2 fully saturated rings. The zero-order valence-corrected chi connectivity index (χ0v) is 21.4. The Morgan fingerprint density at radius 3 is 2.46 bits per heavy atom. The first-order valence-corrected chi connectivity index (χ1v) is 13.0. The number of carbonyl (C=O) groups is 2. The molecule has 2 aromatic heterocycles. The highest BCUT2D eigenvalue weighted by Gasteiger charge is 2.40. The van der Waals surface area contributed by atoms with Crippen molar-refractivity contribution in [3.8, 4) is 11.8 Å². The number of nitriles is 1. The highest BCUT2D eigenvalue weighted by Crippen LogP contribution is 2.44. The minimum absolute atomic E-state index is 0.00660. The van der Waals surface area contributed by atoms with Gasteiger partial charge in [0.1, 0.15) is 11.4 Å². The predicted octanol–water partition coefficient (Wildman–Crippen LogP) is 5.32. The lowest BCUT2D eigenvalue weighted by atomic mass is 9.87. The summed E-state index contributed by atoms with van der Waals surface area (Å²) < 4.78 is 45.3. The van der Waals surface area contributed by atoms with Gasteiger partial charge >= 0.3 is 6.18 Å². The molecule has 39 heavy (non-hydrogen) atoms. The normalized spacial score (nSPS) is 16.9. The Morgan fingerprint density at radius 2 is 1.82 bits per heavy atom. The molecule has 3 aromatic rings. The Bertz CT molecular complexity index is 1480. The molecular weight excluding hydrogens is 511 g/mol. The smallest absolute Gasteiger partial charge is 0.419 e. The molecule has 3 heterocycles. The number of hydrogen-bond acceptors (Lipinski definition) is 5. The van der Waals surface area contributed by atoms with Crippen LogP contribution in [0.15, 0.2) is 30.6 Å².